The van der Waals surface area contributed by atoms with Crippen molar-refractivity contribution in [2.75, 3.05) is 0 Å². The van der Waals surface area contributed by atoms with Crippen LogP contribution in [0.15, 0.2) is 294 Å². The number of hydrogen-bond donors (Lipinski definition) is 0. The Morgan fingerprint density at radius 3 is 1.25 bits per heavy atom. The van der Waals surface area contributed by atoms with Gasteiger partial charge in [-0.25, -0.2) is 19.3 Å². The molecule has 0 unspecified atom stereocenters. The third-order valence-electron chi connectivity index (χ3n) is 15.1. The summed E-state index contributed by atoms with van der Waals surface area (Å²) in [7, 11) is 0. The van der Waals surface area contributed by atoms with E-state index >= 15 is 0 Å². The van der Waals surface area contributed by atoms with Gasteiger partial charge >= 0.3 is 0 Å². The van der Waals surface area contributed by atoms with Gasteiger partial charge in [0.15, 0.2) is 23.3 Å². The first-order chi connectivity index (χ1) is 43.1. The number of fused-ring (bicyclic) bond motifs is 3. The molecule has 0 fully saturated rings. The first kappa shape index (κ1) is 53.3. The average molecular weight is 1190 g/mol. The van der Waals surface area contributed by atoms with Gasteiger partial charge in [-0.3, -0.25) is 0 Å². The molecule has 7 nitrogen and oxygen atoms in total. The van der Waals surface area contributed by atoms with Crippen LogP contribution in [-0.2, 0) is 0 Å². The fourth-order valence-corrected chi connectivity index (χ4v) is 14.4. The Bertz CT molecular complexity index is 4980. The number of nitrogens with zero attached hydrogens (tertiary/aromatic N) is 6. The highest BCUT2D eigenvalue weighted by Crippen LogP contribution is 2.41. The van der Waals surface area contributed by atoms with E-state index in [0.717, 1.165) is 83.9 Å². The number of rotatable bonds is 13. The fraction of sp³-hybridized carbons (Fsp3) is 0. The molecular weight excluding hydrogens is 1140 g/mol. The highest BCUT2D eigenvalue weighted by Gasteiger charge is 2.19. The third kappa shape index (κ3) is 11.2. The van der Waals surface area contributed by atoms with Gasteiger partial charge < -0.3 is 4.42 Å². The van der Waals surface area contributed by atoms with E-state index < -0.39 is 0 Å². The van der Waals surface area contributed by atoms with Crippen LogP contribution in [0, 0.1) is 0 Å². The Morgan fingerprint density at radius 1 is 0.310 bits per heavy atom. The summed E-state index contributed by atoms with van der Waals surface area (Å²) in [6, 6.07) is 96.7. The summed E-state index contributed by atoms with van der Waals surface area (Å²) in [5.74, 6) is 2.99. The number of para-hydroxylation sites is 4. The lowest BCUT2D eigenvalue weighted by atomic mass is 10.0. The average Bonchev–Trinajstić information content (AvgIpc) is 2.97. The lowest BCUT2D eigenvalue weighted by Crippen LogP contribution is -1.99. The second-order valence-electron chi connectivity index (χ2n) is 20.7. The molecule has 0 saturated carbocycles. The summed E-state index contributed by atoms with van der Waals surface area (Å²) in [5, 5.41) is 16.5. The van der Waals surface area contributed by atoms with Crippen LogP contribution in [0.5, 0.6) is 0 Å². The molecule has 0 aliphatic heterocycles. The van der Waals surface area contributed by atoms with Crippen molar-refractivity contribution in [3.05, 3.63) is 301 Å². The molecule has 11 heteroatoms. The molecule has 0 saturated heterocycles. The first-order valence-corrected chi connectivity index (χ1v) is 31.9. The summed E-state index contributed by atoms with van der Waals surface area (Å²) < 4.78 is 10.2. The molecule has 0 amide bonds. The zero-order valence-corrected chi connectivity index (χ0v) is 49.9. The van der Waals surface area contributed by atoms with Crippen molar-refractivity contribution in [3.8, 4) is 108 Å². The highest BCUT2D eigenvalue weighted by atomic mass is 32.1. The Kier molecular flexibility index (Phi) is 14.7. The largest absolute Gasteiger partial charge is 0.455 e. The SMILES string of the molecule is C(=C\c1ccc(-c2nc(-c3ccc(-c4cccc5c4oc4ccccc45)cc3)nn2-c2ccccc2)cc1)/c1ccccc1.c1ccc(-n2nc(-c3ccc(-c4ccc(-c5cccs5)s4)cc3)nc2-c2ccc(-c3ccc(-c4cccs4)s3)cc2)cc1. The van der Waals surface area contributed by atoms with Crippen LogP contribution in [-0.4, -0.2) is 29.5 Å². The van der Waals surface area contributed by atoms with Crippen molar-refractivity contribution < 1.29 is 4.42 Å². The van der Waals surface area contributed by atoms with Crippen LogP contribution in [0.2, 0.25) is 0 Å². The second kappa shape index (κ2) is 23.9. The maximum Gasteiger partial charge on any atom is 0.182 e. The number of thiophene rings is 4. The molecule has 7 heterocycles. The minimum absolute atomic E-state index is 0.672. The van der Waals surface area contributed by atoms with Crippen LogP contribution in [0.1, 0.15) is 11.1 Å². The van der Waals surface area contributed by atoms with E-state index in [4.69, 9.17) is 24.6 Å². The molecule has 16 aromatic rings. The van der Waals surface area contributed by atoms with Gasteiger partial charge in [0.05, 0.1) is 11.4 Å². The first-order valence-electron chi connectivity index (χ1n) is 28.5. The molecule has 87 heavy (non-hydrogen) atoms. The number of aromatic nitrogens is 6. The van der Waals surface area contributed by atoms with Crippen LogP contribution >= 0.6 is 45.3 Å². The van der Waals surface area contributed by atoms with E-state index in [-0.39, 0.29) is 0 Å². The number of benzene rings is 9. The molecule has 0 radical (unpaired) electrons. The molecule has 0 aliphatic rings. The molecule has 414 valence electrons. The van der Waals surface area contributed by atoms with E-state index in [1.807, 2.05) is 105 Å². The maximum absolute atomic E-state index is 6.28. The van der Waals surface area contributed by atoms with Crippen molar-refractivity contribution in [1.82, 2.24) is 29.5 Å². The van der Waals surface area contributed by atoms with Gasteiger partial charge in [0.2, 0.25) is 0 Å². The standard InChI is InChI=1S/C40H27N3O.C36H23N3S4/c1-3-10-28(11-4-1)18-19-29-20-22-32(23-21-29)40-41-39(42-43(40)33-12-5-2-6-13-33)31-26-24-30(25-27-31)34-15-9-16-36-35-14-7-8-17-37(35)44-38(34)36;1-2-6-28(7-3-1)39-36(27-16-12-25(13-17-27)30-19-21-34(43-30)32-9-5-23-41-32)37-35(38-39)26-14-10-24(11-15-26)29-18-20-33(42-29)31-8-4-22-40-31/h1-27H;1-23H/b19-18+;. The van der Waals surface area contributed by atoms with E-state index in [2.05, 4.69) is 229 Å². The molecule has 0 aliphatic carbocycles. The maximum atomic E-state index is 6.28. The molecular formula is C76H50N6OS4. The Morgan fingerprint density at radius 2 is 0.736 bits per heavy atom. The van der Waals surface area contributed by atoms with E-state index in [0.29, 0.717) is 11.6 Å². The molecule has 9 aromatic carbocycles. The van der Waals surface area contributed by atoms with Gasteiger partial charge in [0, 0.05) is 67.9 Å². The predicted octanol–water partition coefficient (Wildman–Crippen LogP) is 21.9. The van der Waals surface area contributed by atoms with Gasteiger partial charge in [-0.2, -0.15) is 0 Å². The van der Waals surface area contributed by atoms with Gasteiger partial charge in [0.25, 0.3) is 0 Å². The van der Waals surface area contributed by atoms with Crippen molar-refractivity contribution in [2.45, 2.75) is 0 Å². The topological polar surface area (TPSA) is 74.6 Å². The summed E-state index contributed by atoms with van der Waals surface area (Å²) >= 11 is 7.20. The van der Waals surface area contributed by atoms with Crippen LogP contribution in [0.4, 0.5) is 0 Å². The van der Waals surface area contributed by atoms with Crippen LogP contribution in [0.3, 0.4) is 0 Å². The third-order valence-corrected chi connectivity index (χ3v) is 19.5. The number of furan rings is 1. The van der Waals surface area contributed by atoms with Crippen molar-refractivity contribution >= 4 is 79.4 Å². The quantitative estimate of drug-likeness (QED) is 0.108. The van der Waals surface area contributed by atoms with Gasteiger partial charge in [-0.15, -0.1) is 55.5 Å². The van der Waals surface area contributed by atoms with Gasteiger partial charge in [0.1, 0.15) is 11.2 Å². The van der Waals surface area contributed by atoms with Gasteiger partial charge in [-0.05, 0) is 105 Å². The Hall–Kier alpha value is -10.4. The monoisotopic (exact) mass is 1190 g/mol. The fourth-order valence-electron chi connectivity index (χ4n) is 10.7. The Labute approximate surface area is 519 Å². The molecule has 0 spiro atoms. The zero-order valence-electron chi connectivity index (χ0n) is 46.6. The minimum atomic E-state index is 0.672. The summed E-state index contributed by atoms with van der Waals surface area (Å²) in [4.78, 5) is 17.8. The normalized spacial score (nSPS) is 11.4. The lowest BCUT2D eigenvalue weighted by Gasteiger charge is -2.06. The van der Waals surface area contributed by atoms with Crippen molar-refractivity contribution in [2.24, 2.45) is 0 Å². The predicted molar refractivity (Wildman–Crippen MR) is 366 cm³/mol. The number of hydrogen-bond acceptors (Lipinski definition) is 9. The second-order valence-corrected chi connectivity index (χ2v) is 24.7. The molecule has 0 N–H and O–H groups in total. The summed E-state index contributed by atoms with van der Waals surface area (Å²) in [6.45, 7) is 0. The Balaban J connectivity index is 0.000000147. The van der Waals surface area contributed by atoms with Crippen LogP contribution in [0.25, 0.3) is 143 Å². The molecule has 16 rings (SSSR count). The van der Waals surface area contributed by atoms with Gasteiger partial charge in [-0.1, -0.05) is 224 Å². The molecule has 0 atom stereocenters. The smallest absolute Gasteiger partial charge is 0.182 e. The van der Waals surface area contributed by atoms with Crippen LogP contribution < -0.4 is 0 Å². The van der Waals surface area contributed by atoms with E-state index in [9.17, 15) is 0 Å². The summed E-state index contributed by atoms with van der Waals surface area (Å²) in [5.41, 5.74) is 14.6. The van der Waals surface area contributed by atoms with Crippen molar-refractivity contribution in [3.63, 3.8) is 0 Å². The van der Waals surface area contributed by atoms with Crippen molar-refractivity contribution in [1.29, 1.82) is 0 Å². The molecule has 0 bridgehead atoms. The zero-order chi connectivity index (χ0) is 57.9. The van der Waals surface area contributed by atoms with E-state index in [1.54, 1.807) is 22.7 Å². The highest BCUT2D eigenvalue weighted by molar-refractivity contribution is 7.23. The lowest BCUT2D eigenvalue weighted by molar-refractivity contribution is 0.670. The van der Waals surface area contributed by atoms with E-state index in [1.165, 1.54) is 46.0 Å². The molecule has 7 aromatic heterocycles. The summed E-state index contributed by atoms with van der Waals surface area (Å²) in [6.07, 6.45) is 4.25. The minimum Gasteiger partial charge on any atom is -0.455 e.